The Kier molecular flexibility index (Phi) is 7.41. The number of nitrogens with zero attached hydrogens (tertiary/aromatic N) is 4. The normalized spacial score (nSPS) is 14.3. The molecule has 1 aromatic heterocycles. The molecule has 14 heteroatoms. The quantitative estimate of drug-likeness (QED) is 0.465. The molecule has 0 atom stereocenters. The molecule has 3 aromatic rings. The van der Waals surface area contributed by atoms with E-state index in [-0.39, 0.29) is 32.1 Å². The van der Waals surface area contributed by atoms with Crippen molar-refractivity contribution < 1.29 is 40.7 Å². The summed E-state index contributed by atoms with van der Waals surface area (Å²) in [5.74, 6) is -0.651. The summed E-state index contributed by atoms with van der Waals surface area (Å²) >= 11 is 0. The summed E-state index contributed by atoms with van der Waals surface area (Å²) in [4.78, 5) is 27.8. The molecular weight excluding hydrogens is 520 g/mol. The van der Waals surface area contributed by atoms with Crippen molar-refractivity contribution in [2.75, 3.05) is 36.4 Å². The summed E-state index contributed by atoms with van der Waals surface area (Å²) in [6.07, 6.45) is -10.5. The van der Waals surface area contributed by atoms with Crippen LogP contribution in [0.2, 0.25) is 0 Å². The first-order valence-corrected chi connectivity index (χ1v) is 11.1. The van der Waals surface area contributed by atoms with Crippen molar-refractivity contribution >= 4 is 23.5 Å². The van der Waals surface area contributed by atoms with Crippen LogP contribution in [0.3, 0.4) is 0 Å². The van der Waals surface area contributed by atoms with Gasteiger partial charge in [0.1, 0.15) is 0 Å². The summed E-state index contributed by atoms with van der Waals surface area (Å²) in [6, 6.07) is 11.7. The Hall–Kier alpha value is -4.36. The highest BCUT2D eigenvalue weighted by Gasteiger charge is 2.36. The molecule has 2 amide bonds. The molecule has 0 saturated carbocycles. The van der Waals surface area contributed by atoms with Gasteiger partial charge in [-0.15, -0.1) is 10.2 Å². The van der Waals surface area contributed by atoms with Crippen LogP contribution < -0.4 is 15.0 Å². The number of halogens is 6. The molecule has 0 aliphatic carbocycles. The number of rotatable bonds is 4. The van der Waals surface area contributed by atoms with Gasteiger partial charge < -0.3 is 14.5 Å². The lowest BCUT2D eigenvalue weighted by molar-refractivity contribution is -0.138. The predicted molar refractivity (Wildman–Crippen MR) is 123 cm³/mol. The SMILES string of the molecule is O=C(Nc1ccccc1C(F)(F)F)Oc1ccc(N2CCN(C(=O)c3ccccc3C(F)(F)F)CC2)nn1. The molecule has 200 valence electrons. The van der Waals surface area contributed by atoms with E-state index in [1.54, 1.807) is 4.90 Å². The fourth-order valence-corrected chi connectivity index (χ4v) is 3.83. The van der Waals surface area contributed by atoms with E-state index in [9.17, 15) is 35.9 Å². The molecule has 0 bridgehead atoms. The minimum atomic E-state index is -4.68. The fourth-order valence-electron chi connectivity index (χ4n) is 3.83. The number of piperazine rings is 1. The number of nitrogens with one attached hydrogen (secondary N) is 1. The lowest BCUT2D eigenvalue weighted by Crippen LogP contribution is -2.49. The third kappa shape index (κ3) is 6.12. The van der Waals surface area contributed by atoms with Gasteiger partial charge in [-0.2, -0.15) is 26.3 Å². The summed E-state index contributed by atoms with van der Waals surface area (Å²) in [7, 11) is 0. The topological polar surface area (TPSA) is 87.7 Å². The van der Waals surface area contributed by atoms with Crippen LogP contribution in [0.15, 0.2) is 60.7 Å². The Bertz CT molecular complexity index is 1310. The van der Waals surface area contributed by atoms with Crippen LogP contribution in [0, 0.1) is 0 Å². The number of hydrogen-bond donors (Lipinski definition) is 1. The van der Waals surface area contributed by atoms with Gasteiger partial charge in [-0.1, -0.05) is 24.3 Å². The Labute approximate surface area is 211 Å². The first kappa shape index (κ1) is 26.7. The van der Waals surface area contributed by atoms with Crippen LogP contribution in [-0.4, -0.2) is 53.3 Å². The Balaban J connectivity index is 1.34. The molecule has 38 heavy (non-hydrogen) atoms. The number of amides is 2. The first-order chi connectivity index (χ1) is 17.9. The molecule has 0 unspecified atom stereocenters. The van der Waals surface area contributed by atoms with Gasteiger partial charge in [0, 0.05) is 32.2 Å². The first-order valence-electron chi connectivity index (χ1n) is 11.1. The van der Waals surface area contributed by atoms with Gasteiger partial charge in [-0.05, 0) is 30.3 Å². The molecule has 0 spiro atoms. The van der Waals surface area contributed by atoms with E-state index < -0.39 is 46.7 Å². The molecule has 8 nitrogen and oxygen atoms in total. The van der Waals surface area contributed by atoms with Crippen LogP contribution in [-0.2, 0) is 12.4 Å². The van der Waals surface area contributed by atoms with Crippen molar-refractivity contribution in [1.29, 1.82) is 0 Å². The molecule has 4 rings (SSSR count). The van der Waals surface area contributed by atoms with Crippen molar-refractivity contribution in [3.8, 4) is 5.88 Å². The van der Waals surface area contributed by atoms with Gasteiger partial charge >= 0.3 is 18.4 Å². The van der Waals surface area contributed by atoms with Gasteiger partial charge in [0.05, 0.1) is 22.4 Å². The van der Waals surface area contributed by atoms with Gasteiger partial charge in [0.2, 0.25) is 5.88 Å². The van der Waals surface area contributed by atoms with Gasteiger partial charge in [0.15, 0.2) is 5.82 Å². The lowest BCUT2D eigenvalue weighted by Gasteiger charge is -2.35. The largest absolute Gasteiger partial charge is 0.418 e. The molecule has 0 radical (unpaired) electrons. The van der Waals surface area contributed by atoms with E-state index in [0.29, 0.717) is 5.82 Å². The number of hydrogen-bond acceptors (Lipinski definition) is 6. The van der Waals surface area contributed by atoms with E-state index in [1.165, 1.54) is 41.3 Å². The van der Waals surface area contributed by atoms with Crippen molar-refractivity contribution in [2.45, 2.75) is 12.4 Å². The maximum Gasteiger partial charge on any atom is 0.418 e. The fraction of sp³-hybridized carbons (Fsp3) is 0.250. The Morgan fingerprint density at radius 2 is 1.37 bits per heavy atom. The zero-order chi connectivity index (χ0) is 27.5. The van der Waals surface area contributed by atoms with E-state index in [1.807, 2.05) is 5.32 Å². The molecular formula is C24H19F6N5O3. The second-order valence-corrected chi connectivity index (χ2v) is 8.11. The molecule has 2 aromatic carbocycles. The number of alkyl halides is 6. The second-order valence-electron chi connectivity index (χ2n) is 8.11. The zero-order valence-electron chi connectivity index (χ0n) is 19.4. The minimum absolute atomic E-state index is 0.131. The number of aromatic nitrogens is 2. The predicted octanol–water partition coefficient (Wildman–Crippen LogP) is 5.09. The van der Waals surface area contributed by atoms with Crippen molar-refractivity contribution in [2.24, 2.45) is 0 Å². The average Bonchev–Trinajstić information content (AvgIpc) is 2.88. The molecule has 1 saturated heterocycles. The van der Waals surface area contributed by atoms with Crippen LogP contribution in [0.25, 0.3) is 0 Å². The second kappa shape index (κ2) is 10.6. The van der Waals surface area contributed by atoms with E-state index in [2.05, 4.69) is 10.2 Å². The highest BCUT2D eigenvalue weighted by molar-refractivity contribution is 5.96. The van der Waals surface area contributed by atoms with E-state index in [4.69, 9.17) is 4.74 Å². The van der Waals surface area contributed by atoms with Crippen molar-refractivity contribution in [1.82, 2.24) is 15.1 Å². The molecule has 2 heterocycles. The number of ether oxygens (including phenoxy) is 1. The molecule has 1 fully saturated rings. The highest BCUT2D eigenvalue weighted by atomic mass is 19.4. The van der Waals surface area contributed by atoms with Crippen LogP contribution in [0.1, 0.15) is 21.5 Å². The number of carbonyl (C=O) groups is 2. The van der Waals surface area contributed by atoms with Crippen LogP contribution in [0.4, 0.5) is 42.6 Å². The number of anilines is 2. The summed E-state index contributed by atoms with van der Waals surface area (Å²) in [5.41, 5.74) is -2.96. The van der Waals surface area contributed by atoms with Gasteiger partial charge in [-0.3, -0.25) is 10.1 Å². The zero-order valence-corrected chi connectivity index (χ0v) is 19.4. The Morgan fingerprint density at radius 1 is 0.763 bits per heavy atom. The standard InChI is InChI=1S/C24H19F6N5O3/c25-23(26,27)16-6-2-1-5-15(16)21(36)35-13-11-34(12-14-35)19-9-10-20(33-32-19)38-22(37)31-18-8-4-3-7-17(18)24(28,29)30/h1-10H,11-14H2,(H,31,37). The summed E-state index contributed by atoms with van der Waals surface area (Å²) in [5, 5.41) is 9.70. The maximum absolute atomic E-state index is 13.3. The summed E-state index contributed by atoms with van der Waals surface area (Å²) < 4.78 is 84.0. The third-order valence-electron chi connectivity index (χ3n) is 5.65. The average molecular weight is 539 g/mol. The number of carbonyl (C=O) groups excluding carboxylic acids is 2. The van der Waals surface area contributed by atoms with E-state index >= 15 is 0 Å². The lowest BCUT2D eigenvalue weighted by atomic mass is 10.1. The van der Waals surface area contributed by atoms with E-state index in [0.717, 1.165) is 24.3 Å². The summed E-state index contributed by atoms with van der Waals surface area (Å²) in [6.45, 7) is 0.769. The van der Waals surface area contributed by atoms with Crippen LogP contribution in [0.5, 0.6) is 5.88 Å². The molecule has 1 N–H and O–H groups in total. The van der Waals surface area contributed by atoms with Gasteiger partial charge in [0.25, 0.3) is 5.91 Å². The maximum atomic E-state index is 13.3. The number of benzene rings is 2. The Morgan fingerprint density at radius 3 is 1.97 bits per heavy atom. The van der Waals surface area contributed by atoms with Crippen LogP contribution >= 0.6 is 0 Å². The molecule has 1 aliphatic heterocycles. The van der Waals surface area contributed by atoms with Crippen molar-refractivity contribution in [3.63, 3.8) is 0 Å². The monoisotopic (exact) mass is 539 g/mol. The smallest absolute Gasteiger partial charge is 0.389 e. The van der Waals surface area contributed by atoms with Crippen molar-refractivity contribution in [3.05, 3.63) is 77.4 Å². The minimum Gasteiger partial charge on any atom is -0.389 e. The molecule has 1 aliphatic rings. The highest BCUT2D eigenvalue weighted by Crippen LogP contribution is 2.35. The number of para-hydroxylation sites is 1. The van der Waals surface area contributed by atoms with Gasteiger partial charge in [-0.25, -0.2) is 4.79 Å². The third-order valence-corrected chi connectivity index (χ3v) is 5.65.